The average Bonchev–Trinajstić information content (AvgIpc) is 3.04. The van der Waals surface area contributed by atoms with Gasteiger partial charge in [0, 0.05) is 44.0 Å². The second kappa shape index (κ2) is 16.4. The maximum atomic E-state index is 12.5. The molecule has 12 heteroatoms. The quantitative estimate of drug-likeness (QED) is 0.212. The Morgan fingerprint density at radius 3 is 2.00 bits per heavy atom. The van der Waals surface area contributed by atoms with Crippen LogP contribution in [0.1, 0.15) is 34.3 Å². The van der Waals surface area contributed by atoms with E-state index in [1.165, 1.54) is 6.07 Å². The number of nitrogens with one attached hydrogen (secondary N) is 3. The summed E-state index contributed by atoms with van der Waals surface area (Å²) in [6.45, 7) is 1.94. The van der Waals surface area contributed by atoms with Crippen LogP contribution in [-0.2, 0) is 37.1 Å². The van der Waals surface area contributed by atoms with Crippen LogP contribution in [0.4, 0.5) is 10.5 Å². The Kier molecular flexibility index (Phi) is 11.8. The van der Waals surface area contributed by atoms with E-state index in [-0.39, 0.29) is 31.7 Å². The lowest BCUT2D eigenvalue weighted by molar-refractivity contribution is -0.144. The monoisotopic (exact) mass is 601 g/mol. The maximum Gasteiger partial charge on any atom is 0.410 e. The van der Waals surface area contributed by atoms with Crippen molar-refractivity contribution in [1.29, 1.82) is 0 Å². The highest BCUT2D eigenvalue weighted by molar-refractivity contribution is 6.04. The number of carbonyl (C=O) groups is 5. The second-order valence-corrected chi connectivity index (χ2v) is 10.0. The van der Waals surface area contributed by atoms with Crippen LogP contribution >= 0.6 is 0 Å². The van der Waals surface area contributed by atoms with Crippen molar-refractivity contribution in [1.82, 2.24) is 20.7 Å². The molecule has 0 saturated carbocycles. The van der Waals surface area contributed by atoms with Gasteiger partial charge in [0.05, 0.1) is 6.42 Å². The third kappa shape index (κ3) is 10.6. The van der Waals surface area contributed by atoms with Crippen molar-refractivity contribution >= 4 is 35.5 Å². The average molecular weight is 602 g/mol. The zero-order chi connectivity index (χ0) is 31.1. The Bertz CT molecular complexity index is 1430. The van der Waals surface area contributed by atoms with Crippen LogP contribution < -0.4 is 16.1 Å². The predicted molar refractivity (Wildman–Crippen MR) is 161 cm³/mol. The third-order valence-corrected chi connectivity index (χ3v) is 6.61. The van der Waals surface area contributed by atoms with Gasteiger partial charge in [-0.05, 0) is 29.3 Å². The number of piperazine rings is 1. The van der Waals surface area contributed by atoms with E-state index in [2.05, 4.69) is 16.1 Å². The number of carbonyl (C=O) groups excluding carboxylic acids is 5. The van der Waals surface area contributed by atoms with Gasteiger partial charge >= 0.3 is 12.1 Å². The lowest BCUT2D eigenvalue weighted by atomic mass is 10.2. The van der Waals surface area contributed by atoms with Gasteiger partial charge in [0.25, 0.3) is 5.91 Å². The number of nitrogens with zero attached hydrogens (tertiary/aromatic N) is 2. The first-order chi connectivity index (χ1) is 21.4. The normalized spacial score (nSPS) is 13.0. The van der Waals surface area contributed by atoms with E-state index in [1.807, 2.05) is 60.7 Å². The van der Waals surface area contributed by atoms with E-state index >= 15 is 0 Å². The fourth-order valence-corrected chi connectivity index (χ4v) is 4.31. The fraction of sp³-hybridized carbons (Fsp3) is 0.281. The third-order valence-electron chi connectivity index (χ3n) is 6.61. The Labute approximate surface area is 255 Å². The SMILES string of the molecule is O=C(CC(=O)NN1CCN(C(=O)OCc2ccccc2)CC1)Nc1cccc(C(=O)NCCC(=O)OCc2ccccc2)c1. The van der Waals surface area contributed by atoms with Crippen molar-refractivity contribution in [2.75, 3.05) is 38.0 Å². The summed E-state index contributed by atoms with van der Waals surface area (Å²) in [6.07, 6.45) is -0.838. The summed E-state index contributed by atoms with van der Waals surface area (Å²) in [5, 5.41) is 6.93. The van der Waals surface area contributed by atoms with Gasteiger partial charge in [0.15, 0.2) is 0 Å². The first kappa shape index (κ1) is 31.7. The molecule has 3 aromatic carbocycles. The van der Waals surface area contributed by atoms with Crippen molar-refractivity contribution in [3.8, 4) is 0 Å². The predicted octanol–water partition coefficient (Wildman–Crippen LogP) is 2.86. The van der Waals surface area contributed by atoms with E-state index < -0.39 is 36.2 Å². The van der Waals surface area contributed by atoms with Crippen LogP contribution in [0, 0.1) is 0 Å². The molecule has 0 atom stereocenters. The molecule has 4 rings (SSSR count). The minimum atomic E-state index is -0.552. The molecule has 0 bridgehead atoms. The lowest BCUT2D eigenvalue weighted by Gasteiger charge is -2.34. The van der Waals surface area contributed by atoms with Gasteiger partial charge in [-0.3, -0.25) is 24.6 Å². The molecule has 1 fully saturated rings. The van der Waals surface area contributed by atoms with Gasteiger partial charge in [-0.15, -0.1) is 0 Å². The molecule has 0 unspecified atom stereocenters. The Hall–Kier alpha value is -5.23. The Morgan fingerprint density at radius 1 is 0.705 bits per heavy atom. The second-order valence-electron chi connectivity index (χ2n) is 10.0. The Morgan fingerprint density at radius 2 is 1.34 bits per heavy atom. The molecule has 1 aliphatic rings. The zero-order valence-corrected chi connectivity index (χ0v) is 24.2. The van der Waals surface area contributed by atoms with Crippen LogP contribution in [0.15, 0.2) is 84.9 Å². The van der Waals surface area contributed by atoms with Crippen LogP contribution in [0.2, 0.25) is 0 Å². The van der Waals surface area contributed by atoms with Crippen LogP contribution in [0.25, 0.3) is 0 Å². The molecule has 1 saturated heterocycles. The largest absolute Gasteiger partial charge is 0.461 e. The zero-order valence-electron chi connectivity index (χ0n) is 24.2. The van der Waals surface area contributed by atoms with Crippen LogP contribution in [-0.4, -0.2) is 72.4 Å². The summed E-state index contributed by atoms with van der Waals surface area (Å²) in [7, 11) is 0. The molecule has 0 spiro atoms. The Balaban J connectivity index is 1.12. The molecule has 0 aromatic heterocycles. The number of ether oxygens (including phenoxy) is 2. The van der Waals surface area contributed by atoms with E-state index in [4.69, 9.17) is 9.47 Å². The number of rotatable bonds is 12. The number of anilines is 1. The van der Waals surface area contributed by atoms with Gasteiger partial charge in [-0.25, -0.2) is 9.80 Å². The summed E-state index contributed by atoms with van der Waals surface area (Å²) in [5.74, 6) is -1.91. The van der Waals surface area contributed by atoms with Crippen LogP contribution in [0.3, 0.4) is 0 Å². The highest BCUT2D eigenvalue weighted by atomic mass is 16.6. The number of esters is 1. The summed E-state index contributed by atoms with van der Waals surface area (Å²) >= 11 is 0. The molecule has 1 heterocycles. The highest BCUT2D eigenvalue weighted by Crippen LogP contribution is 2.12. The molecule has 44 heavy (non-hydrogen) atoms. The van der Waals surface area contributed by atoms with Gasteiger partial charge < -0.3 is 25.0 Å². The molecule has 12 nitrogen and oxygen atoms in total. The molecule has 4 amide bonds. The van der Waals surface area contributed by atoms with Gasteiger partial charge in [-0.1, -0.05) is 66.7 Å². The van der Waals surface area contributed by atoms with Gasteiger partial charge in [-0.2, -0.15) is 0 Å². The molecule has 0 radical (unpaired) electrons. The number of benzene rings is 3. The molecule has 3 N–H and O–H groups in total. The van der Waals surface area contributed by atoms with E-state index in [0.29, 0.717) is 31.9 Å². The van der Waals surface area contributed by atoms with Crippen molar-refractivity contribution < 1.29 is 33.4 Å². The molecule has 0 aliphatic carbocycles. The summed E-state index contributed by atoms with van der Waals surface area (Å²) in [5.41, 5.74) is 5.09. The minimum absolute atomic E-state index is 0.0114. The molecule has 1 aliphatic heterocycles. The standard InChI is InChI=1S/C32H35N5O7/c38-28(21-29(39)35-37-18-16-36(17-19-37)32(42)44-23-25-10-5-2-6-11-25)34-27-13-7-12-26(20-27)31(41)33-15-14-30(40)43-22-24-8-3-1-4-9-24/h1-13,20H,14-19,21-23H2,(H,33,41)(H,34,38)(H,35,39). The summed E-state index contributed by atoms with van der Waals surface area (Å²) in [4.78, 5) is 63.3. The topological polar surface area (TPSA) is 146 Å². The molecule has 3 aromatic rings. The summed E-state index contributed by atoms with van der Waals surface area (Å²) < 4.78 is 10.6. The molecule has 230 valence electrons. The van der Waals surface area contributed by atoms with Gasteiger partial charge in [0.2, 0.25) is 11.8 Å². The maximum absolute atomic E-state index is 12.5. The van der Waals surface area contributed by atoms with Crippen molar-refractivity contribution in [3.63, 3.8) is 0 Å². The van der Waals surface area contributed by atoms with Gasteiger partial charge in [0.1, 0.15) is 19.6 Å². The van der Waals surface area contributed by atoms with Crippen LogP contribution in [0.5, 0.6) is 0 Å². The first-order valence-electron chi connectivity index (χ1n) is 14.2. The van der Waals surface area contributed by atoms with Crippen molar-refractivity contribution in [3.05, 3.63) is 102 Å². The fourth-order valence-electron chi connectivity index (χ4n) is 4.31. The number of amides is 4. The van der Waals surface area contributed by atoms with E-state index in [9.17, 15) is 24.0 Å². The summed E-state index contributed by atoms with van der Waals surface area (Å²) in [6, 6.07) is 24.9. The minimum Gasteiger partial charge on any atom is -0.461 e. The van der Waals surface area contributed by atoms with E-state index in [0.717, 1.165) is 11.1 Å². The highest BCUT2D eigenvalue weighted by Gasteiger charge is 2.24. The number of hydrogen-bond acceptors (Lipinski definition) is 8. The molecular formula is C32H35N5O7. The smallest absolute Gasteiger partial charge is 0.410 e. The lowest BCUT2D eigenvalue weighted by Crippen LogP contribution is -2.55. The number of hydrazine groups is 1. The first-order valence-corrected chi connectivity index (χ1v) is 14.2. The number of hydrogen-bond donors (Lipinski definition) is 3. The molecular weight excluding hydrogens is 566 g/mol. The van der Waals surface area contributed by atoms with E-state index in [1.54, 1.807) is 28.1 Å². The van der Waals surface area contributed by atoms with Crippen molar-refractivity contribution in [2.45, 2.75) is 26.1 Å². The van der Waals surface area contributed by atoms with Crippen molar-refractivity contribution in [2.24, 2.45) is 0 Å².